The van der Waals surface area contributed by atoms with E-state index in [1.165, 1.54) is 25.8 Å². The van der Waals surface area contributed by atoms with Crippen LogP contribution >= 0.6 is 15.9 Å². The summed E-state index contributed by atoms with van der Waals surface area (Å²) >= 11 is 3.45. The molecule has 0 fully saturated rings. The molecule has 2 nitrogen and oxygen atoms in total. The highest BCUT2D eigenvalue weighted by atomic mass is 79.9. The van der Waals surface area contributed by atoms with Gasteiger partial charge >= 0.3 is 0 Å². The van der Waals surface area contributed by atoms with Crippen molar-refractivity contribution in [2.45, 2.75) is 33.1 Å². The Balaban J connectivity index is 3.24. The van der Waals surface area contributed by atoms with Crippen molar-refractivity contribution in [2.75, 3.05) is 38.2 Å². The Morgan fingerprint density at radius 1 is 1.07 bits per heavy atom. The summed E-state index contributed by atoms with van der Waals surface area (Å²) in [5, 5.41) is 1.10. The lowest BCUT2D eigenvalue weighted by molar-refractivity contribution is 0.103. The fourth-order valence-corrected chi connectivity index (χ4v) is 1.50. The van der Waals surface area contributed by atoms with Gasteiger partial charge in [-0.05, 0) is 25.9 Å². The molecule has 0 saturated heterocycles. The van der Waals surface area contributed by atoms with E-state index in [0.29, 0.717) is 0 Å². The van der Waals surface area contributed by atoms with Gasteiger partial charge in [-0.1, -0.05) is 36.2 Å². The molecular weight excluding hydrogens is 242 g/mol. The number of likely N-dealkylation sites (N-methyl/N-ethyl adjacent to an activating group) is 1. The first-order chi connectivity index (χ1) is 6.85. The molecule has 0 aromatic heterocycles. The molecule has 14 heavy (non-hydrogen) atoms. The molecule has 0 aliphatic heterocycles. The van der Waals surface area contributed by atoms with Crippen LogP contribution in [0.3, 0.4) is 0 Å². The highest BCUT2D eigenvalue weighted by molar-refractivity contribution is 9.09. The average molecular weight is 266 g/mol. The zero-order chi connectivity index (χ0) is 10.6. The Bertz CT molecular complexity index is 111. The van der Waals surface area contributed by atoms with Crippen molar-refractivity contribution in [3.05, 3.63) is 0 Å². The van der Waals surface area contributed by atoms with Gasteiger partial charge in [-0.25, -0.2) is 0 Å². The molecule has 0 saturated carbocycles. The van der Waals surface area contributed by atoms with Gasteiger partial charge in [0.25, 0.3) is 0 Å². The van der Waals surface area contributed by atoms with E-state index in [2.05, 4.69) is 34.7 Å². The van der Waals surface area contributed by atoms with Crippen molar-refractivity contribution in [3.8, 4) is 0 Å². The number of hydrogen-bond acceptors (Lipinski definition) is 2. The molecule has 0 heterocycles. The molecular formula is C11H24BrNO. The second kappa shape index (κ2) is 11.5. The van der Waals surface area contributed by atoms with E-state index in [-0.39, 0.29) is 0 Å². The molecule has 0 aromatic rings. The Morgan fingerprint density at radius 3 is 2.43 bits per heavy atom. The summed E-state index contributed by atoms with van der Waals surface area (Å²) in [6.07, 6.45) is 3.64. The van der Waals surface area contributed by atoms with Crippen LogP contribution in [0.25, 0.3) is 0 Å². The summed E-state index contributed by atoms with van der Waals surface area (Å²) < 4.78 is 5.53. The maximum atomic E-state index is 5.53. The Hall–Kier alpha value is 0.400. The quantitative estimate of drug-likeness (QED) is 0.445. The van der Waals surface area contributed by atoms with Gasteiger partial charge in [-0.3, -0.25) is 0 Å². The predicted octanol–water partition coefficient (Wildman–Crippen LogP) is 2.91. The summed E-state index contributed by atoms with van der Waals surface area (Å²) in [6, 6.07) is 0. The molecule has 0 radical (unpaired) electrons. The van der Waals surface area contributed by atoms with E-state index < -0.39 is 0 Å². The zero-order valence-corrected chi connectivity index (χ0v) is 11.2. The van der Waals surface area contributed by atoms with Crippen LogP contribution in [0.5, 0.6) is 0 Å². The molecule has 0 N–H and O–H groups in total. The lowest BCUT2D eigenvalue weighted by atomic mass is 10.4. The molecule has 0 atom stereocenters. The third-order valence-electron chi connectivity index (χ3n) is 2.25. The molecule has 3 heteroatoms. The van der Waals surface area contributed by atoms with Gasteiger partial charge in [-0.2, -0.15) is 0 Å². The minimum atomic E-state index is 0.885. The first-order valence-electron chi connectivity index (χ1n) is 5.71. The maximum Gasteiger partial charge on any atom is 0.0593 e. The van der Waals surface area contributed by atoms with Crippen molar-refractivity contribution in [1.29, 1.82) is 0 Å². The molecule has 0 aliphatic rings. The van der Waals surface area contributed by atoms with Crippen LogP contribution in [0.2, 0.25) is 0 Å². The van der Waals surface area contributed by atoms with E-state index in [4.69, 9.17) is 4.74 Å². The first-order valence-corrected chi connectivity index (χ1v) is 6.83. The van der Waals surface area contributed by atoms with E-state index in [1.807, 2.05) is 0 Å². The van der Waals surface area contributed by atoms with Crippen molar-refractivity contribution < 1.29 is 4.74 Å². The Kier molecular flexibility index (Phi) is 11.8. The number of alkyl halides is 1. The first kappa shape index (κ1) is 14.4. The number of hydrogen-bond donors (Lipinski definition) is 0. The fourth-order valence-electron chi connectivity index (χ4n) is 1.25. The lowest BCUT2D eigenvalue weighted by Gasteiger charge is -2.19. The third-order valence-corrected chi connectivity index (χ3v) is 2.81. The number of unbranched alkanes of at least 4 members (excludes halogenated alkanes) is 1. The molecule has 0 spiro atoms. The second-order valence-corrected chi connectivity index (χ2v) is 4.24. The summed E-state index contributed by atoms with van der Waals surface area (Å²) in [5.74, 6) is 0. The van der Waals surface area contributed by atoms with Crippen LogP contribution in [-0.4, -0.2) is 43.1 Å². The van der Waals surface area contributed by atoms with E-state index in [9.17, 15) is 0 Å². The Labute approximate surface area is 97.1 Å². The predicted molar refractivity (Wildman–Crippen MR) is 66.3 cm³/mol. The molecule has 0 aromatic carbocycles. The van der Waals surface area contributed by atoms with Crippen molar-refractivity contribution >= 4 is 15.9 Å². The highest BCUT2D eigenvalue weighted by Crippen LogP contribution is 1.95. The molecule has 0 bridgehead atoms. The number of halogens is 1. The zero-order valence-electron chi connectivity index (χ0n) is 9.60. The molecule has 86 valence electrons. The SMILES string of the molecule is CCCCOCCN(CC)CCCBr. The van der Waals surface area contributed by atoms with Gasteiger partial charge in [0.2, 0.25) is 0 Å². The molecule has 0 rings (SSSR count). The Morgan fingerprint density at radius 2 is 1.86 bits per heavy atom. The van der Waals surface area contributed by atoms with Crippen LogP contribution in [0.1, 0.15) is 33.1 Å². The second-order valence-electron chi connectivity index (χ2n) is 3.44. The standard InChI is InChI=1S/C11H24BrNO/c1-3-5-10-14-11-9-13(4-2)8-6-7-12/h3-11H2,1-2H3. The van der Waals surface area contributed by atoms with Crippen LogP contribution in [-0.2, 0) is 4.74 Å². The van der Waals surface area contributed by atoms with Gasteiger partial charge in [0.1, 0.15) is 0 Å². The van der Waals surface area contributed by atoms with Crippen molar-refractivity contribution in [2.24, 2.45) is 0 Å². The largest absolute Gasteiger partial charge is 0.380 e. The van der Waals surface area contributed by atoms with Crippen LogP contribution in [0.15, 0.2) is 0 Å². The summed E-state index contributed by atoms with van der Waals surface area (Å²) in [4.78, 5) is 2.44. The molecule has 0 aliphatic carbocycles. The van der Waals surface area contributed by atoms with Crippen molar-refractivity contribution in [1.82, 2.24) is 4.90 Å². The highest BCUT2D eigenvalue weighted by Gasteiger charge is 2.00. The summed E-state index contributed by atoms with van der Waals surface area (Å²) in [5.41, 5.74) is 0. The van der Waals surface area contributed by atoms with Crippen LogP contribution < -0.4 is 0 Å². The van der Waals surface area contributed by atoms with E-state index in [0.717, 1.165) is 31.6 Å². The van der Waals surface area contributed by atoms with Crippen molar-refractivity contribution in [3.63, 3.8) is 0 Å². The fraction of sp³-hybridized carbons (Fsp3) is 1.00. The summed E-state index contributed by atoms with van der Waals surface area (Å²) in [6.45, 7) is 9.59. The van der Waals surface area contributed by atoms with Gasteiger partial charge < -0.3 is 9.64 Å². The minimum absolute atomic E-state index is 0.885. The van der Waals surface area contributed by atoms with Gasteiger partial charge in [0.15, 0.2) is 0 Å². The van der Waals surface area contributed by atoms with Crippen LogP contribution in [0.4, 0.5) is 0 Å². The topological polar surface area (TPSA) is 12.5 Å². The number of nitrogens with zero attached hydrogens (tertiary/aromatic N) is 1. The average Bonchev–Trinajstić information content (AvgIpc) is 2.22. The van der Waals surface area contributed by atoms with Gasteiger partial charge in [-0.15, -0.1) is 0 Å². The van der Waals surface area contributed by atoms with Gasteiger partial charge in [0, 0.05) is 18.5 Å². The minimum Gasteiger partial charge on any atom is -0.380 e. The monoisotopic (exact) mass is 265 g/mol. The number of rotatable bonds is 10. The summed E-state index contributed by atoms with van der Waals surface area (Å²) in [7, 11) is 0. The van der Waals surface area contributed by atoms with Gasteiger partial charge in [0.05, 0.1) is 6.61 Å². The smallest absolute Gasteiger partial charge is 0.0593 e. The maximum absolute atomic E-state index is 5.53. The number of ether oxygens (including phenoxy) is 1. The normalized spacial score (nSPS) is 11.1. The lowest BCUT2D eigenvalue weighted by Crippen LogP contribution is -2.28. The third kappa shape index (κ3) is 8.97. The van der Waals surface area contributed by atoms with E-state index >= 15 is 0 Å². The van der Waals surface area contributed by atoms with E-state index in [1.54, 1.807) is 0 Å². The molecule has 0 unspecified atom stereocenters. The molecule has 0 amide bonds. The van der Waals surface area contributed by atoms with Crippen LogP contribution in [0, 0.1) is 0 Å².